The normalized spacial score (nSPS) is 21.4. The summed E-state index contributed by atoms with van der Waals surface area (Å²) in [5, 5.41) is 3.11. The number of allylic oxidation sites excluding steroid dienone is 6. The van der Waals surface area contributed by atoms with Gasteiger partial charge in [-0.05, 0) is 49.1 Å². The van der Waals surface area contributed by atoms with Crippen LogP contribution in [0.5, 0.6) is 0 Å². The van der Waals surface area contributed by atoms with Gasteiger partial charge in [0.15, 0.2) is 0 Å². The Labute approximate surface area is 132 Å². The number of fused-ring (bicyclic) bond motifs is 1. The van der Waals surface area contributed by atoms with Gasteiger partial charge in [0.05, 0.1) is 6.61 Å². The first-order valence-corrected chi connectivity index (χ1v) is 8.08. The van der Waals surface area contributed by atoms with E-state index in [1.165, 1.54) is 0 Å². The molecule has 0 radical (unpaired) electrons. The highest BCUT2D eigenvalue weighted by Crippen LogP contribution is 2.29. The van der Waals surface area contributed by atoms with Crippen molar-refractivity contribution >= 4 is 5.91 Å². The molecule has 0 saturated carbocycles. The SMILES string of the molecule is COCCN1CCC(CNC(=O)C2=C3C=CC=C3C=C2)CC1. The zero-order valence-corrected chi connectivity index (χ0v) is 13.2. The molecule has 1 heterocycles. The molecular weight excluding hydrogens is 276 g/mol. The second kappa shape index (κ2) is 7.07. The van der Waals surface area contributed by atoms with Gasteiger partial charge in [-0.2, -0.15) is 0 Å². The monoisotopic (exact) mass is 300 g/mol. The Morgan fingerprint density at radius 1 is 1.32 bits per heavy atom. The van der Waals surface area contributed by atoms with Crippen LogP contribution in [-0.2, 0) is 9.53 Å². The molecule has 1 aliphatic heterocycles. The summed E-state index contributed by atoms with van der Waals surface area (Å²) in [4.78, 5) is 14.8. The Morgan fingerprint density at radius 3 is 2.91 bits per heavy atom. The van der Waals surface area contributed by atoms with Crippen molar-refractivity contribution in [2.24, 2.45) is 5.92 Å². The Hall–Kier alpha value is -1.65. The van der Waals surface area contributed by atoms with Gasteiger partial charge in [0, 0.05) is 25.8 Å². The fraction of sp³-hybridized carbons (Fsp3) is 0.500. The van der Waals surface area contributed by atoms with E-state index in [2.05, 4.69) is 10.2 Å². The van der Waals surface area contributed by atoms with E-state index < -0.39 is 0 Å². The number of carbonyl (C=O) groups is 1. The number of nitrogens with zero attached hydrogens (tertiary/aromatic N) is 1. The molecule has 3 aliphatic rings. The van der Waals surface area contributed by atoms with Gasteiger partial charge < -0.3 is 15.0 Å². The van der Waals surface area contributed by atoms with Crippen LogP contribution >= 0.6 is 0 Å². The summed E-state index contributed by atoms with van der Waals surface area (Å²) in [7, 11) is 1.75. The molecule has 0 unspecified atom stereocenters. The number of likely N-dealkylation sites (tertiary alicyclic amines) is 1. The summed E-state index contributed by atoms with van der Waals surface area (Å²) in [6.07, 6.45) is 12.3. The fourth-order valence-corrected chi connectivity index (χ4v) is 3.25. The molecule has 22 heavy (non-hydrogen) atoms. The average molecular weight is 300 g/mol. The smallest absolute Gasteiger partial charge is 0.251 e. The number of rotatable bonds is 6. The molecule has 2 aliphatic carbocycles. The number of methoxy groups -OCH3 is 1. The van der Waals surface area contributed by atoms with E-state index in [-0.39, 0.29) is 5.91 Å². The lowest BCUT2D eigenvalue weighted by molar-refractivity contribution is -0.117. The molecule has 4 heteroatoms. The van der Waals surface area contributed by atoms with E-state index in [1.54, 1.807) is 7.11 Å². The van der Waals surface area contributed by atoms with Crippen LogP contribution in [0, 0.1) is 5.92 Å². The van der Waals surface area contributed by atoms with Gasteiger partial charge in [-0.15, -0.1) is 0 Å². The van der Waals surface area contributed by atoms with Crippen molar-refractivity contribution in [3.63, 3.8) is 0 Å². The maximum atomic E-state index is 12.3. The molecule has 0 atom stereocenters. The molecule has 0 spiro atoms. The lowest BCUT2D eigenvalue weighted by atomic mass is 9.96. The van der Waals surface area contributed by atoms with E-state index in [0.29, 0.717) is 5.92 Å². The Balaban J connectivity index is 1.43. The summed E-state index contributed by atoms with van der Waals surface area (Å²) in [6.45, 7) is 4.80. The standard InChI is InChI=1S/C18H24N2O2/c1-22-12-11-20-9-7-14(8-10-20)13-19-18(21)17-6-5-15-3-2-4-16(15)17/h2-6,14H,7-13H2,1H3,(H,19,21). The maximum Gasteiger partial charge on any atom is 0.251 e. The number of amides is 1. The third-order valence-corrected chi connectivity index (χ3v) is 4.68. The van der Waals surface area contributed by atoms with Gasteiger partial charge in [0.1, 0.15) is 0 Å². The van der Waals surface area contributed by atoms with Crippen LogP contribution in [0.2, 0.25) is 0 Å². The van der Waals surface area contributed by atoms with Gasteiger partial charge in [-0.25, -0.2) is 0 Å². The second-order valence-electron chi connectivity index (χ2n) is 6.13. The highest BCUT2D eigenvalue weighted by Gasteiger charge is 2.22. The van der Waals surface area contributed by atoms with Crippen LogP contribution in [0.15, 0.2) is 47.1 Å². The Bertz CT molecular complexity index is 549. The van der Waals surface area contributed by atoms with Crippen molar-refractivity contribution < 1.29 is 9.53 Å². The van der Waals surface area contributed by atoms with Crippen LogP contribution in [0.3, 0.4) is 0 Å². The minimum atomic E-state index is 0.0583. The molecule has 3 rings (SSSR count). The van der Waals surface area contributed by atoms with Crippen LogP contribution in [0.4, 0.5) is 0 Å². The molecule has 0 aromatic carbocycles. The molecule has 0 aromatic heterocycles. The number of hydrogen-bond acceptors (Lipinski definition) is 3. The second-order valence-corrected chi connectivity index (χ2v) is 6.13. The number of ether oxygens (including phenoxy) is 1. The number of nitrogens with one attached hydrogen (secondary N) is 1. The highest BCUT2D eigenvalue weighted by molar-refractivity contribution is 6.00. The molecule has 118 valence electrons. The van der Waals surface area contributed by atoms with Crippen LogP contribution < -0.4 is 5.32 Å². The first kappa shape index (κ1) is 15.3. The van der Waals surface area contributed by atoms with E-state index in [9.17, 15) is 4.79 Å². The molecule has 0 bridgehead atoms. The predicted molar refractivity (Wildman–Crippen MR) is 87.4 cm³/mol. The maximum absolute atomic E-state index is 12.3. The molecule has 0 aromatic rings. The predicted octanol–water partition coefficient (Wildman–Crippen LogP) is 1.82. The molecular formula is C18H24N2O2. The van der Waals surface area contributed by atoms with Crippen LogP contribution in [-0.4, -0.2) is 50.7 Å². The minimum Gasteiger partial charge on any atom is -0.383 e. The van der Waals surface area contributed by atoms with Gasteiger partial charge >= 0.3 is 0 Å². The zero-order chi connectivity index (χ0) is 15.4. The third kappa shape index (κ3) is 3.39. The van der Waals surface area contributed by atoms with Gasteiger partial charge in [-0.3, -0.25) is 4.79 Å². The topological polar surface area (TPSA) is 41.6 Å². The Morgan fingerprint density at radius 2 is 2.14 bits per heavy atom. The van der Waals surface area contributed by atoms with E-state index in [4.69, 9.17) is 4.74 Å². The van der Waals surface area contributed by atoms with Crippen molar-refractivity contribution in [2.45, 2.75) is 12.8 Å². The van der Waals surface area contributed by atoms with Crippen molar-refractivity contribution in [3.05, 3.63) is 47.1 Å². The molecule has 1 amide bonds. The van der Waals surface area contributed by atoms with Crippen molar-refractivity contribution in [2.75, 3.05) is 39.9 Å². The first-order valence-electron chi connectivity index (χ1n) is 8.08. The number of carbonyl (C=O) groups excluding carboxylic acids is 1. The first-order chi connectivity index (χ1) is 10.8. The zero-order valence-electron chi connectivity index (χ0n) is 13.2. The molecule has 4 nitrogen and oxygen atoms in total. The summed E-state index contributed by atoms with van der Waals surface area (Å²) < 4.78 is 5.12. The van der Waals surface area contributed by atoms with Crippen molar-refractivity contribution in [1.29, 1.82) is 0 Å². The Kier molecular flexibility index (Phi) is 4.90. The van der Waals surface area contributed by atoms with Crippen molar-refractivity contribution in [1.82, 2.24) is 10.2 Å². The van der Waals surface area contributed by atoms with Gasteiger partial charge in [-0.1, -0.05) is 24.3 Å². The highest BCUT2D eigenvalue weighted by atomic mass is 16.5. The minimum absolute atomic E-state index is 0.0583. The summed E-state index contributed by atoms with van der Waals surface area (Å²) >= 11 is 0. The van der Waals surface area contributed by atoms with E-state index in [0.717, 1.165) is 62.3 Å². The lowest BCUT2D eigenvalue weighted by Crippen LogP contribution is -2.40. The van der Waals surface area contributed by atoms with E-state index >= 15 is 0 Å². The quantitative estimate of drug-likeness (QED) is 0.813. The third-order valence-electron chi connectivity index (χ3n) is 4.68. The van der Waals surface area contributed by atoms with Crippen LogP contribution in [0.1, 0.15) is 12.8 Å². The molecule has 1 fully saturated rings. The van der Waals surface area contributed by atoms with Crippen LogP contribution in [0.25, 0.3) is 0 Å². The molecule has 1 N–H and O–H groups in total. The molecule has 1 saturated heterocycles. The summed E-state index contributed by atoms with van der Waals surface area (Å²) in [5.74, 6) is 0.649. The largest absolute Gasteiger partial charge is 0.383 e. The number of piperidine rings is 1. The van der Waals surface area contributed by atoms with Crippen molar-refractivity contribution in [3.8, 4) is 0 Å². The fourth-order valence-electron chi connectivity index (χ4n) is 3.25. The summed E-state index contributed by atoms with van der Waals surface area (Å²) in [5.41, 5.74) is 3.01. The van der Waals surface area contributed by atoms with Gasteiger partial charge in [0.25, 0.3) is 5.91 Å². The van der Waals surface area contributed by atoms with E-state index in [1.807, 2.05) is 30.4 Å². The summed E-state index contributed by atoms with van der Waals surface area (Å²) in [6, 6.07) is 0. The lowest BCUT2D eigenvalue weighted by Gasteiger charge is -2.31. The van der Waals surface area contributed by atoms with Gasteiger partial charge in [0.2, 0.25) is 0 Å². The number of hydrogen-bond donors (Lipinski definition) is 1. The average Bonchev–Trinajstić information content (AvgIpc) is 3.14.